The van der Waals surface area contributed by atoms with Gasteiger partial charge in [0.05, 0.1) is 12.1 Å². The summed E-state index contributed by atoms with van der Waals surface area (Å²) in [4.78, 5) is 44.1. The van der Waals surface area contributed by atoms with Crippen molar-refractivity contribution < 1.29 is 29.3 Å². The Morgan fingerprint density at radius 1 is 0.820 bits per heavy atom. The number of nitrogens with one attached hydrogen (secondary N) is 3. The fourth-order valence-electron chi connectivity index (χ4n) is 6.76. The van der Waals surface area contributed by atoms with Gasteiger partial charge in [0.1, 0.15) is 17.5 Å². The number of hydrogen-bond acceptors (Lipinski definition) is 4. The monoisotopic (exact) mass is 665 g/mol. The number of H-pyrrole nitrogens is 2. The smallest absolute Gasteiger partial charge is 0.352 e. The predicted octanol–water partition coefficient (Wildman–Crippen LogP) is 7.91. The fraction of sp³-hybridized carbons (Fsp3) is 0.146. The van der Waals surface area contributed by atoms with Crippen molar-refractivity contribution in [3.8, 4) is 16.9 Å². The number of rotatable bonds is 12. The highest BCUT2D eigenvalue weighted by Gasteiger charge is 2.24. The van der Waals surface area contributed by atoms with Crippen LogP contribution >= 0.6 is 0 Å². The van der Waals surface area contributed by atoms with Crippen LogP contribution in [0.15, 0.2) is 109 Å². The third-order valence-electron chi connectivity index (χ3n) is 9.21. The molecule has 250 valence electrons. The minimum Gasteiger partial charge on any atom is -0.493 e. The molecule has 2 heterocycles. The summed E-state index contributed by atoms with van der Waals surface area (Å²) >= 11 is 0. The molecule has 0 aliphatic rings. The van der Waals surface area contributed by atoms with E-state index in [-0.39, 0.29) is 12.1 Å². The van der Waals surface area contributed by atoms with Crippen LogP contribution in [0.2, 0.25) is 0 Å². The Bertz CT molecular complexity index is 2400. The van der Waals surface area contributed by atoms with Gasteiger partial charge >= 0.3 is 11.9 Å². The summed E-state index contributed by atoms with van der Waals surface area (Å²) in [6.07, 6.45) is 3.01. The molecule has 0 saturated carbocycles. The first-order valence-corrected chi connectivity index (χ1v) is 16.5. The predicted molar refractivity (Wildman–Crippen MR) is 194 cm³/mol. The highest BCUT2D eigenvalue weighted by atomic mass is 16.5. The van der Waals surface area contributed by atoms with Crippen molar-refractivity contribution in [1.29, 1.82) is 0 Å². The van der Waals surface area contributed by atoms with E-state index in [1.54, 1.807) is 18.3 Å². The van der Waals surface area contributed by atoms with Crippen molar-refractivity contribution in [3.63, 3.8) is 0 Å². The second-order valence-corrected chi connectivity index (χ2v) is 12.4. The van der Waals surface area contributed by atoms with Crippen LogP contribution in [0.25, 0.3) is 43.7 Å². The molecule has 0 radical (unpaired) electrons. The van der Waals surface area contributed by atoms with Gasteiger partial charge in [0.2, 0.25) is 0 Å². The summed E-state index contributed by atoms with van der Waals surface area (Å²) in [5.74, 6) is -1.86. The van der Waals surface area contributed by atoms with Gasteiger partial charge in [-0.25, -0.2) is 9.59 Å². The molecule has 5 aromatic carbocycles. The molecular weight excluding hydrogens is 630 g/mol. The minimum atomic E-state index is -1.13. The number of fused-ring (bicyclic) bond motifs is 3. The normalized spacial score (nSPS) is 11.9. The molecule has 1 amide bonds. The quantitative estimate of drug-likeness (QED) is 0.0839. The first kappa shape index (κ1) is 32.2. The number of amides is 1. The SMILES string of the molecule is Cc1cc(C(=O)N[C@@H](Cc2c[nH]c3ccccc23)C(=O)O)ccc1-c1cccc2c(CCCOc3cccc4ccccc34)c(C(=O)O)[nH]c12. The van der Waals surface area contributed by atoms with Crippen molar-refractivity contribution in [2.45, 2.75) is 32.2 Å². The molecule has 7 aromatic rings. The summed E-state index contributed by atoms with van der Waals surface area (Å²) in [5, 5.41) is 26.6. The van der Waals surface area contributed by atoms with Crippen molar-refractivity contribution in [1.82, 2.24) is 15.3 Å². The molecule has 50 heavy (non-hydrogen) atoms. The molecule has 0 saturated heterocycles. The van der Waals surface area contributed by atoms with Crippen molar-refractivity contribution in [2.24, 2.45) is 0 Å². The van der Waals surface area contributed by atoms with Gasteiger partial charge in [-0.3, -0.25) is 4.79 Å². The zero-order chi connectivity index (χ0) is 34.8. The number of ether oxygens (including phenoxy) is 1. The molecule has 0 fully saturated rings. The standard InChI is InChI=1S/C41H35N3O6/c1-24-21-26(39(45)43-35(40(46)47)22-27-23-42-34-16-5-4-11-29(27)34)18-19-28(24)31-13-7-14-32-33(38(41(48)49)44-37(31)32)15-8-20-50-36-17-6-10-25-9-2-3-12-30(25)36/h2-7,9-14,16-19,21,23,35,42,44H,8,15,20,22H2,1H3,(H,43,45)(H,46,47)(H,48,49)/t35-/m0/s1. The number of carboxylic acid groups (broad SMARTS) is 2. The Kier molecular flexibility index (Phi) is 8.79. The molecular formula is C41H35N3O6. The lowest BCUT2D eigenvalue weighted by Crippen LogP contribution is -2.42. The average molecular weight is 666 g/mol. The van der Waals surface area contributed by atoms with Crippen LogP contribution in [0.1, 0.15) is 44.0 Å². The molecule has 2 aromatic heterocycles. The zero-order valence-electron chi connectivity index (χ0n) is 27.3. The minimum absolute atomic E-state index is 0.126. The topological polar surface area (TPSA) is 145 Å². The number of para-hydroxylation sites is 2. The van der Waals surface area contributed by atoms with Crippen LogP contribution in [0.4, 0.5) is 0 Å². The van der Waals surface area contributed by atoms with Crippen molar-refractivity contribution in [2.75, 3.05) is 6.61 Å². The van der Waals surface area contributed by atoms with Gasteiger partial charge < -0.3 is 30.2 Å². The average Bonchev–Trinajstić information content (AvgIpc) is 3.71. The Morgan fingerprint density at radius 3 is 2.36 bits per heavy atom. The molecule has 1 atom stereocenters. The van der Waals surface area contributed by atoms with Gasteiger partial charge in [-0.1, -0.05) is 78.9 Å². The lowest BCUT2D eigenvalue weighted by molar-refractivity contribution is -0.139. The molecule has 0 unspecified atom stereocenters. The Morgan fingerprint density at radius 2 is 1.56 bits per heavy atom. The van der Waals surface area contributed by atoms with Crippen LogP contribution in [0.3, 0.4) is 0 Å². The van der Waals surface area contributed by atoms with E-state index in [0.29, 0.717) is 36.1 Å². The number of hydrogen-bond donors (Lipinski definition) is 5. The third kappa shape index (κ3) is 6.28. The Labute approximate surface area is 287 Å². The van der Waals surface area contributed by atoms with E-state index in [2.05, 4.69) is 15.3 Å². The van der Waals surface area contributed by atoms with Crippen LogP contribution in [-0.4, -0.2) is 50.7 Å². The molecule has 9 heteroatoms. The number of aryl methyl sites for hydroxylation is 2. The summed E-state index contributed by atoms with van der Waals surface area (Å²) in [7, 11) is 0. The maximum atomic E-state index is 13.3. The second-order valence-electron chi connectivity index (χ2n) is 12.4. The van der Waals surface area contributed by atoms with Crippen LogP contribution in [0.5, 0.6) is 5.75 Å². The fourth-order valence-corrected chi connectivity index (χ4v) is 6.76. The van der Waals surface area contributed by atoms with Crippen molar-refractivity contribution in [3.05, 3.63) is 137 Å². The number of carbonyl (C=O) groups is 3. The molecule has 7 rings (SSSR count). The maximum absolute atomic E-state index is 13.3. The van der Waals surface area contributed by atoms with Crippen LogP contribution in [-0.2, 0) is 17.6 Å². The molecule has 0 aliphatic carbocycles. The Balaban J connectivity index is 1.09. The molecule has 5 N–H and O–H groups in total. The van der Waals surface area contributed by atoms with Gasteiger partial charge in [0.25, 0.3) is 5.91 Å². The largest absolute Gasteiger partial charge is 0.493 e. The van der Waals surface area contributed by atoms with E-state index in [0.717, 1.165) is 55.1 Å². The van der Waals surface area contributed by atoms with E-state index in [1.807, 2.05) is 97.9 Å². The maximum Gasteiger partial charge on any atom is 0.352 e. The van der Waals surface area contributed by atoms with Gasteiger partial charge in [0.15, 0.2) is 0 Å². The summed E-state index contributed by atoms with van der Waals surface area (Å²) in [6, 6.07) is 31.4. The van der Waals surface area contributed by atoms with E-state index in [1.165, 1.54) is 0 Å². The van der Waals surface area contributed by atoms with Gasteiger partial charge in [0, 0.05) is 45.4 Å². The van der Waals surface area contributed by atoms with Gasteiger partial charge in [-0.05, 0) is 71.7 Å². The highest BCUT2D eigenvalue weighted by molar-refractivity contribution is 6.04. The number of aromatic nitrogens is 2. The van der Waals surface area contributed by atoms with Crippen LogP contribution in [0, 0.1) is 6.92 Å². The lowest BCUT2D eigenvalue weighted by atomic mass is 9.95. The van der Waals surface area contributed by atoms with E-state index in [4.69, 9.17) is 4.74 Å². The van der Waals surface area contributed by atoms with E-state index < -0.39 is 23.9 Å². The first-order chi connectivity index (χ1) is 24.3. The number of aromatic carboxylic acids is 1. The summed E-state index contributed by atoms with van der Waals surface area (Å²) in [6.45, 7) is 2.30. The number of aliphatic carboxylic acids is 1. The number of benzene rings is 5. The second kappa shape index (κ2) is 13.6. The van der Waals surface area contributed by atoms with E-state index in [9.17, 15) is 24.6 Å². The van der Waals surface area contributed by atoms with Crippen molar-refractivity contribution >= 4 is 50.4 Å². The third-order valence-corrected chi connectivity index (χ3v) is 9.21. The molecule has 0 spiro atoms. The molecule has 0 aliphatic heterocycles. The number of carboxylic acids is 2. The van der Waals surface area contributed by atoms with Gasteiger partial charge in [-0.15, -0.1) is 0 Å². The first-order valence-electron chi connectivity index (χ1n) is 16.5. The number of carbonyl (C=O) groups excluding carboxylic acids is 1. The molecule has 0 bridgehead atoms. The highest BCUT2D eigenvalue weighted by Crippen LogP contribution is 2.35. The Hall–Kier alpha value is -6.35. The summed E-state index contributed by atoms with van der Waals surface area (Å²) in [5.41, 5.74) is 5.98. The van der Waals surface area contributed by atoms with E-state index >= 15 is 0 Å². The summed E-state index contributed by atoms with van der Waals surface area (Å²) < 4.78 is 6.12. The van der Waals surface area contributed by atoms with Gasteiger partial charge in [-0.2, -0.15) is 0 Å². The van der Waals surface area contributed by atoms with Crippen LogP contribution < -0.4 is 10.1 Å². The number of aromatic amines is 2. The lowest BCUT2D eigenvalue weighted by Gasteiger charge is -2.15. The zero-order valence-corrected chi connectivity index (χ0v) is 27.3. The molecule has 9 nitrogen and oxygen atoms in total.